The molecule has 0 saturated heterocycles. The van der Waals surface area contributed by atoms with Crippen LogP contribution in [0.25, 0.3) is 10.8 Å². The van der Waals surface area contributed by atoms with E-state index in [9.17, 15) is 0 Å². The first-order valence-corrected chi connectivity index (χ1v) is 5.38. The van der Waals surface area contributed by atoms with Crippen LogP contribution in [0.1, 0.15) is 12.5 Å². The van der Waals surface area contributed by atoms with E-state index in [1.807, 2.05) is 19.1 Å². The van der Waals surface area contributed by atoms with Crippen molar-refractivity contribution in [3.63, 3.8) is 0 Å². The lowest BCUT2D eigenvalue weighted by Crippen LogP contribution is -2.17. The fourth-order valence-electron chi connectivity index (χ4n) is 1.86. The largest absolute Gasteiger partial charge is 0.481 e. The highest BCUT2D eigenvalue weighted by molar-refractivity contribution is 5.87. The van der Waals surface area contributed by atoms with Gasteiger partial charge in [-0.05, 0) is 36.4 Å². The highest BCUT2D eigenvalue weighted by atomic mass is 16.5. The number of ether oxygens (including phenoxy) is 1. The second kappa shape index (κ2) is 4.49. The fraction of sp³-hybridized carbons (Fsp3) is 0.308. The summed E-state index contributed by atoms with van der Waals surface area (Å²) < 4.78 is 5.21. The number of fused-ring (bicyclic) bond motifs is 1. The number of hydrogen-bond donors (Lipinski definition) is 1. The molecule has 3 nitrogen and oxygen atoms in total. The second-order valence-corrected chi connectivity index (χ2v) is 4.06. The molecule has 1 unspecified atom stereocenters. The molecular weight excluding hydrogens is 200 g/mol. The van der Waals surface area contributed by atoms with E-state index in [4.69, 9.17) is 10.5 Å². The SMILES string of the molecule is COc1nccc2cc(CC(C)N)ccc12. The zero-order valence-corrected chi connectivity index (χ0v) is 9.60. The third-order valence-corrected chi connectivity index (χ3v) is 2.54. The molecule has 0 spiro atoms. The predicted octanol–water partition coefficient (Wildman–Crippen LogP) is 2.13. The minimum Gasteiger partial charge on any atom is -0.481 e. The van der Waals surface area contributed by atoms with Gasteiger partial charge < -0.3 is 10.5 Å². The maximum atomic E-state index is 5.79. The van der Waals surface area contributed by atoms with Gasteiger partial charge in [-0.2, -0.15) is 0 Å². The molecule has 0 aliphatic carbocycles. The van der Waals surface area contributed by atoms with Gasteiger partial charge in [0.2, 0.25) is 5.88 Å². The Balaban J connectivity index is 2.47. The number of aromatic nitrogens is 1. The molecule has 0 aliphatic rings. The molecule has 1 aromatic carbocycles. The fourth-order valence-corrected chi connectivity index (χ4v) is 1.86. The number of methoxy groups -OCH3 is 1. The lowest BCUT2D eigenvalue weighted by Gasteiger charge is -2.08. The summed E-state index contributed by atoms with van der Waals surface area (Å²) in [6, 6.07) is 8.43. The van der Waals surface area contributed by atoms with Gasteiger partial charge in [0.05, 0.1) is 7.11 Å². The van der Waals surface area contributed by atoms with Crippen molar-refractivity contribution in [2.24, 2.45) is 5.73 Å². The van der Waals surface area contributed by atoms with Crippen LogP contribution in [0.3, 0.4) is 0 Å². The summed E-state index contributed by atoms with van der Waals surface area (Å²) in [4.78, 5) is 4.17. The molecule has 0 fully saturated rings. The molecule has 1 atom stereocenters. The number of nitrogens with two attached hydrogens (primary N) is 1. The van der Waals surface area contributed by atoms with Gasteiger partial charge in [0.1, 0.15) is 0 Å². The van der Waals surface area contributed by atoms with Gasteiger partial charge in [-0.1, -0.05) is 12.1 Å². The molecular formula is C13H16N2O. The lowest BCUT2D eigenvalue weighted by molar-refractivity contribution is 0.403. The zero-order valence-electron chi connectivity index (χ0n) is 9.60. The van der Waals surface area contributed by atoms with Crippen molar-refractivity contribution in [1.29, 1.82) is 0 Å². The average molecular weight is 216 g/mol. The number of benzene rings is 1. The van der Waals surface area contributed by atoms with Crippen LogP contribution < -0.4 is 10.5 Å². The second-order valence-electron chi connectivity index (χ2n) is 4.06. The number of nitrogens with zero attached hydrogens (tertiary/aromatic N) is 1. The van der Waals surface area contributed by atoms with Crippen molar-refractivity contribution in [3.8, 4) is 5.88 Å². The lowest BCUT2D eigenvalue weighted by atomic mass is 10.0. The number of pyridine rings is 1. The molecule has 84 valence electrons. The zero-order chi connectivity index (χ0) is 11.5. The molecule has 0 radical (unpaired) electrons. The van der Waals surface area contributed by atoms with E-state index in [1.54, 1.807) is 13.3 Å². The Hall–Kier alpha value is -1.61. The van der Waals surface area contributed by atoms with Crippen molar-refractivity contribution in [2.75, 3.05) is 7.11 Å². The topological polar surface area (TPSA) is 48.1 Å². The van der Waals surface area contributed by atoms with Crippen LogP contribution in [0.2, 0.25) is 0 Å². The Bertz CT molecular complexity index is 494. The Kier molecular flexibility index (Phi) is 3.06. The Morgan fingerprint density at radius 3 is 2.88 bits per heavy atom. The first-order valence-electron chi connectivity index (χ1n) is 5.38. The van der Waals surface area contributed by atoms with Gasteiger partial charge in [0, 0.05) is 17.6 Å². The van der Waals surface area contributed by atoms with E-state index < -0.39 is 0 Å². The number of hydrogen-bond acceptors (Lipinski definition) is 3. The molecule has 1 aromatic heterocycles. The smallest absolute Gasteiger partial charge is 0.221 e. The molecule has 16 heavy (non-hydrogen) atoms. The van der Waals surface area contributed by atoms with E-state index >= 15 is 0 Å². The minimum atomic E-state index is 0.182. The Labute approximate surface area is 95.2 Å². The standard InChI is InChI=1S/C13H16N2O/c1-9(14)7-10-3-4-12-11(8-10)5-6-15-13(12)16-2/h3-6,8-9H,7,14H2,1-2H3. The van der Waals surface area contributed by atoms with Gasteiger partial charge >= 0.3 is 0 Å². The summed E-state index contributed by atoms with van der Waals surface area (Å²) in [5, 5.41) is 2.18. The summed E-state index contributed by atoms with van der Waals surface area (Å²) in [5.41, 5.74) is 7.03. The molecule has 2 rings (SSSR count). The summed E-state index contributed by atoms with van der Waals surface area (Å²) >= 11 is 0. The maximum absolute atomic E-state index is 5.79. The van der Waals surface area contributed by atoms with Crippen LogP contribution in [0.4, 0.5) is 0 Å². The Morgan fingerprint density at radius 2 is 2.19 bits per heavy atom. The quantitative estimate of drug-likeness (QED) is 0.855. The van der Waals surface area contributed by atoms with Crippen LogP contribution in [-0.4, -0.2) is 18.1 Å². The summed E-state index contributed by atoms with van der Waals surface area (Å²) in [6.45, 7) is 2.01. The van der Waals surface area contributed by atoms with E-state index in [0.717, 1.165) is 17.2 Å². The monoisotopic (exact) mass is 216 g/mol. The molecule has 2 N–H and O–H groups in total. The third kappa shape index (κ3) is 2.14. The van der Waals surface area contributed by atoms with Crippen LogP contribution in [0.5, 0.6) is 5.88 Å². The van der Waals surface area contributed by atoms with Gasteiger partial charge in [0.15, 0.2) is 0 Å². The van der Waals surface area contributed by atoms with Crippen molar-refractivity contribution >= 4 is 10.8 Å². The Morgan fingerprint density at radius 1 is 1.38 bits per heavy atom. The van der Waals surface area contributed by atoms with Crippen LogP contribution in [-0.2, 0) is 6.42 Å². The summed E-state index contributed by atoms with van der Waals surface area (Å²) in [5.74, 6) is 0.671. The number of rotatable bonds is 3. The first-order chi connectivity index (χ1) is 7.70. The molecule has 0 bridgehead atoms. The average Bonchev–Trinajstić information content (AvgIpc) is 2.27. The summed E-state index contributed by atoms with van der Waals surface area (Å²) in [6.07, 6.45) is 2.65. The molecule has 0 aliphatic heterocycles. The van der Waals surface area contributed by atoms with Crippen molar-refractivity contribution in [3.05, 3.63) is 36.0 Å². The van der Waals surface area contributed by atoms with Crippen molar-refractivity contribution < 1.29 is 4.74 Å². The summed E-state index contributed by atoms with van der Waals surface area (Å²) in [7, 11) is 1.64. The van der Waals surface area contributed by atoms with Crippen LogP contribution in [0, 0.1) is 0 Å². The molecule has 0 amide bonds. The van der Waals surface area contributed by atoms with Crippen LogP contribution >= 0.6 is 0 Å². The highest BCUT2D eigenvalue weighted by Gasteiger charge is 2.04. The normalized spacial score (nSPS) is 12.7. The van der Waals surface area contributed by atoms with Gasteiger partial charge in [-0.3, -0.25) is 0 Å². The molecule has 3 heteroatoms. The van der Waals surface area contributed by atoms with E-state index in [0.29, 0.717) is 5.88 Å². The van der Waals surface area contributed by atoms with E-state index in [2.05, 4.69) is 17.1 Å². The van der Waals surface area contributed by atoms with Gasteiger partial charge in [0.25, 0.3) is 0 Å². The van der Waals surface area contributed by atoms with Gasteiger partial charge in [-0.15, -0.1) is 0 Å². The van der Waals surface area contributed by atoms with E-state index in [-0.39, 0.29) is 6.04 Å². The molecule has 2 aromatic rings. The molecule has 0 saturated carbocycles. The molecule has 1 heterocycles. The third-order valence-electron chi connectivity index (χ3n) is 2.54. The minimum absolute atomic E-state index is 0.182. The first kappa shape index (κ1) is 10.9. The van der Waals surface area contributed by atoms with Gasteiger partial charge in [-0.25, -0.2) is 4.98 Å². The van der Waals surface area contributed by atoms with Crippen LogP contribution in [0.15, 0.2) is 30.5 Å². The maximum Gasteiger partial charge on any atom is 0.221 e. The predicted molar refractivity (Wildman–Crippen MR) is 65.6 cm³/mol. The van der Waals surface area contributed by atoms with Crippen molar-refractivity contribution in [2.45, 2.75) is 19.4 Å². The van der Waals surface area contributed by atoms with Crippen molar-refractivity contribution in [1.82, 2.24) is 4.98 Å². The van der Waals surface area contributed by atoms with E-state index in [1.165, 1.54) is 5.56 Å². The highest BCUT2D eigenvalue weighted by Crippen LogP contribution is 2.23.